The number of alkyl carbamates (subject to hydrolysis) is 1. The largest absolute Gasteiger partial charge is 0.480 e. The summed E-state index contributed by atoms with van der Waals surface area (Å²) in [6.45, 7) is 1.48. The standard InChI is InChI=1S/C6H6.C5H9NO4/c1-2-4-6-5-3-1;1-2-10-5(9)6-3-4(7)8/h1-6H;2-3H2,1H3,(H,6,9)(H,7,8). The minimum absolute atomic E-state index is 0.242. The van der Waals surface area contributed by atoms with Gasteiger partial charge in [-0.25, -0.2) is 4.79 Å². The van der Waals surface area contributed by atoms with Gasteiger partial charge in [0.1, 0.15) is 6.54 Å². The van der Waals surface area contributed by atoms with Gasteiger partial charge in [0, 0.05) is 0 Å². The van der Waals surface area contributed by atoms with Crippen LogP contribution >= 0.6 is 0 Å². The number of benzene rings is 1. The molecule has 0 unspecified atom stereocenters. The Kier molecular flexibility index (Phi) is 8.30. The van der Waals surface area contributed by atoms with Crippen molar-refractivity contribution in [1.82, 2.24) is 5.32 Å². The fraction of sp³-hybridized carbons (Fsp3) is 0.273. The minimum Gasteiger partial charge on any atom is -0.480 e. The Morgan fingerprint density at radius 2 is 1.56 bits per heavy atom. The maximum absolute atomic E-state index is 10.4. The van der Waals surface area contributed by atoms with Gasteiger partial charge in [0.15, 0.2) is 0 Å². The van der Waals surface area contributed by atoms with Crippen molar-refractivity contribution in [3.8, 4) is 0 Å². The molecular weight excluding hydrogens is 210 g/mol. The average molecular weight is 225 g/mol. The first-order chi connectivity index (χ1) is 7.66. The van der Waals surface area contributed by atoms with Crippen LogP contribution < -0.4 is 5.32 Å². The van der Waals surface area contributed by atoms with Gasteiger partial charge in [-0.1, -0.05) is 36.4 Å². The average Bonchev–Trinajstić information content (AvgIpc) is 2.30. The SMILES string of the molecule is CCOC(=O)NCC(=O)O.c1ccccc1. The molecule has 5 heteroatoms. The van der Waals surface area contributed by atoms with E-state index in [9.17, 15) is 9.59 Å². The highest BCUT2D eigenvalue weighted by Crippen LogP contribution is 1.79. The monoisotopic (exact) mass is 225 g/mol. The van der Waals surface area contributed by atoms with E-state index < -0.39 is 18.6 Å². The van der Waals surface area contributed by atoms with Gasteiger partial charge in [0.2, 0.25) is 0 Å². The smallest absolute Gasteiger partial charge is 0.407 e. The van der Waals surface area contributed by atoms with Crippen molar-refractivity contribution in [2.45, 2.75) is 6.92 Å². The molecule has 0 aliphatic carbocycles. The predicted octanol–water partition coefficient (Wildman–Crippen LogP) is 1.50. The first kappa shape index (κ1) is 14.0. The van der Waals surface area contributed by atoms with Crippen molar-refractivity contribution in [2.24, 2.45) is 0 Å². The number of carboxylic acid groups (broad SMARTS) is 1. The molecule has 0 atom stereocenters. The summed E-state index contributed by atoms with van der Waals surface area (Å²) in [7, 11) is 0. The van der Waals surface area contributed by atoms with Gasteiger partial charge in [-0.15, -0.1) is 0 Å². The van der Waals surface area contributed by atoms with Crippen LogP contribution in [0.15, 0.2) is 36.4 Å². The van der Waals surface area contributed by atoms with E-state index in [0.717, 1.165) is 0 Å². The highest BCUT2D eigenvalue weighted by Gasteiger charge is 2.01. The fourth-order valence-electron chi connectivity index (χ4n) is 0.715. The van der Waals surface area contributed by atoms with Crippen LogP contribution in [0.1, 0.15) is 6.92 Å². The third-order valence-corrected chi connectivity index (χ3v) is 1.33. The summed E-state index contributed by atoms with van der Waals surface area (Å²) < 4.78 is 4.38. The zero-order valence-corrected chi connectivity index (χ0v) is 9.05. The number of rotatable bonds is 3. The first-order valence-corrected chi connectivity index (χ1v) is 4.79. The van der Waals surface area contributed by atoms with Crippen molar-refractivity contribution in [2.75, 3.05) is 13.2 Å². The predicted molar refractivity (Wildman–Crippen MR) is 59.1 cm³/mol. The van der Waals surface area contributed by atoms with Gasteiger partial charge >= 0.3 is 12.1 Å². The van der Waals surface area contributed by atoms with Gasteiger partial charge in [0.05, 0.1) is 6.61 Å². The van der Waals surface area contributed by atoms with E-state index in [1.54, 1.807) is 6.92 Å². The third kappa shape index (κ3) is 10.0. The van der Waals surface area contributed by atoms with Gasteiger partial charge in [0.25, 0.3) is 0 Å². The minimum atomic E-state index is -1.09. The van der Waals surface area contributed by atoms with E-state index in [4.69, 9.17) is 5.11 Å². The van der Waals surface area contributed by atoms with E-state index in [2.05, 4.69) is 4.74 Å². The maximum Gasteiger partial charge on any atom is 0.407 e. The normalized spacial score (nSPS) is 8.31. The number of aliphatic carboxylic acids is 1. The van der Waals surface area contributed by atoms with Gasteiger partial charge in [-0.05, 0) is 6.92 Å². The Bertz CT molecular complexity index is 273. The molecule has 0 fully saturated rings. The molecule has 1 amide bonds. The molecule has 0 saturated heterocycles. The number of amides is 1. The summed E-state index contributed by atoms with van der Waals surface area (Å²) in [6, 6.07) is 12.0. The summed E-state index contributed by atoms with van der Waals surface area (Å²) in [5.41, 5.74) is 0. The molecule has 16 heavy (non-hydrogen) atoms. The molecule has 0 aliphatic heterocycles. The molecule has 88 valence electrons. The molecule has 0 spiro atoms. The molecule has 1 aromatic carbocycles. The zero-order chi connectivity index (χ0) is 12.2. The molecule has 0 bridgehead atoms. The van der Waals surface area contributed by atoms with Crippen molar-refractivity contribution < 1.29 is 19.4 Å². The number of carbonyl (C=O) groups excluding carboxylic acids is 1. The van der Waals surface area contributed by atoms with E-state index in [0.29, 0.717) is 0 Å². The summed E-state index contributed by atoms with van der Waals surface area (Å²) in [4.78, 5) is 20.2. The second-order valence-electron chi connectivity index (χ2n) is 2.62. The Labute approximate surface area is 94.0 Å². The topological polar surface area (TPSA) is 75.6 Å². The van der Waals surface area contributed by atoms with Crippen LogP contribution in [-0.2, 0) is 9.53 Å². The Hall–Kier alpha value is -2.04. The van der Waals surface area contributed by atoms with Crippen LogP contribution in [0.25, 0.3) is 0 Å². The van der Waals surface area contributed by atoms with Crippen LogP contribution in [0.2, 0.25) is 0 Å². The summed E-state index contributed by atoms with van der Waals surface area (Å²) in [5, 5.41) is 10.1. The maximum atomic E-state index is 10.4. The van der Waals surface area contributed by atoms with Crippen molar-refractivity contribution in [3.63, 3.8) is 0 Å². The molecule has 2 N–H and O–H groups in total. The highest BCUT2D eigenvalue weighted by atomic mass is 16.5. The lowest BCUT2D eigenvalue weighted by Crippen LogP contribution is -2.29. The van der Waals surface area contributed by atoms with E-state index in [1.165, 1.54) is 0 Å². The second kappa shape index (κ2) is 9.51. The van der Waals surface area contributed by atoms with E-state index in [1.807, 2.05) is 41.7 Å². The van der Waals surface area contributed by atoms with Crippen LogP contribution in [0.5, 0.6) is 0 Å². The van der Waals surface area contributed by atoms with Gasteiger partial charge < -0.3 is 15.2 Å². The molecule has 0 aromatic heterocycles. The van der Waals surface area contributed by atoms with Crippen LogP contribution in [0, 0.1) is 0 Å². The van der Waals surface area contributed by atoms with Crippen molar-refractivity contribution >= 4 is 12.1 Å². The number of hydrogen-bond donors (Lipinski definition) is 2. The summed E-state index contributed by atoms with van der Waals surface area (Å²) in [5.74, 6) is -1.09. The number of ether oxygens (including phenoxy) is 1. The second-order valence-corrected chi connectivity index (χ2v) is 2.62. The highest BCUT2D eigenvalue weighted by molar-refractivity contribution is 5.76. The Morgan fingerprint density at radius 3 is 1.88 bits per heavy atom. The number of carbonyl (C=O) groups is 2. The lowest BCUT2D eigenvalue weighted by molar-refractivity contribution is -0.135. The van der Waals surface area contributed by atoms with Crippen molar-refractivity contribution in [1.29, 1.82) is 0 Å². The Balaban J connectivity index is 0.000000315. The first-order valence-electron chi connectivity index (χ1n) is 4.79. The zero-order valence-electron chi connectivity index (χ0n) is 9.05. The molecule has 1 rings (SSSR count). The molecule has 5 nitrogen and oxygen atoms in total. The molecule has 0 heterocycles. The van der Waals surface area contributed by atoms with Crippen molar-refractivity contribution in [3.05, 3.63) is 36.4 Å². The quantitative estimate of drug-likeness (QED) is 0.817. The number of hydrogen-bond acceptors (Lipinski definition) is 3. The molecule has 0 radical (unpaired) electrons. The van der Waals surface area contributed by atoms with Gasteiger partial charge in [-0.3, -0.25) is 4.79 Å². The van der Waals surface area contributed by atoms with Crippen LogP contribution in [-0.4, -0.2) is 30.3 Å². The van der Waals surface area contributed by atoms with Crippen LogP contribution in [0.4, 0.5) is 4.79 Å². The fourth-order valence-corrected chi connectivity index (χ4v) is 0.715. The van der Waals surface area contributed by atoms with Crippen LogP contribution in [0.3, 0.4) is 0 Å². The number of carboxylic acids is 1. The molecule has 0 saturated carbocycles. The summed E-state index contributed by atoms with van der Waals surface area (Å²) >= 11 is 0. The summed E-state index contributed by atoms with van der Waals surface area (Å²) in [6.07, 6.45) is -0.704. The number of nitrogens with one attached hydrogen (secondary N) is 1. The third-order valence-electron chi connectivity index (χ3n) is 1.33. The van der Waals surface area contributed by atoms with E-state index in [-0.39, 0.29) is 6.61 Å². The van der Waals surface area contributed by atoms with E-state index >= 15 is 0 Å². The lowest BCUT2D eigenvalue weighted by atomic mass is 10.4. The molecular formula is C11H15NO4. The Morgan fingerprint density at radius 1 is 1.12 bits per heavy atom. The van der Waals surface area contributed by atoms with Gasteiger partial charge in [-0.2, -0.15) is 0 Å². The molecule has 1 aromatic rings. The lowest BCUT2D eigenvalue weighted by Gasteiger charge is -2.00. The molecule has 0 aliphatic rings.